The minimum atomic E-state index is -0.158. The number of halogens is 2. The molecule has 7 heteroatoms. The van der Waals surface area contributed by atoms with Crippen molar-refractivity contribution in [2.45, 2.75) is 13.0 Å². The van der Waals surface area contributed by atoms with E-state index in [0.717, 1.165) is 24.0 Å². The van der Waals surface area contributed by atoms with Crippen molar-refractivity contribution in [2.24, 2.45) is 4.99 Å². The van der Waals surface area contributed by atoms with Crippen LogP contribution in [0.4, 0.5) is 5.69 Å². The van der Waals surface area contributed by atoms with Crippen LogP contribution in [0.15, 0.2) is 82.7 Å². The van der Waals surface area contributed by atoms with Crippen molar-refractivity contribution >= 4 is 79.8 Å². The molecule has 4 rings (SSSR count). The van der Waals surface area contributed by atoms with Crippen molar-refractivity contribution in [1.82, 2.24) is 4.90 Å². The second-order valence-electron chi connectivity index (χ2n) is 6.94. The largest absolute Gasteiger partial charge is 0.506 e. The van der Waals surface area contributed by atoms with Crippen molar-refractivity contribution < 1.29 is 9.90 Å². The van der Waals surface area contributed by atoms with Gasteiger partial charge in [-0.1, -0.05) is 48.5 Å². The van der Waals surface area contributed by atoms with E-state index in [1.165, 1.54) is 11.8 Å². The molecular weight excluding hydrogens is 634 g/mol. The molecule has 0 saturated carbocycles. The number of aliphatic imine (C=N–C) groups is 1. The van der Waals surface area contributed by atoms with Gasteiger partial charge in [0.15, 0.2) is 5.17 Å². The van der Waals surface area contributed by atoms with E-state index in [2.05, 4.69) is 45.2 Å². The summed E-state index contributed by atoms with van der Waals surface area (Å²) in [6.45, 7) is 2.02. The fraction of sp³-hybridized carbons (Fsp3) is 0.0833. The van der Waals surface area contributed by atoms with E-state index in [0.29, 0.717) is 10.1 Å². The summed E-state index contributed by atoms with van der Waals surface area (Å²) in [5, 5.41) is 10.7. The van der Waals surface area contributed by atoms with Crippen molar-refractivity contribution in [2.75, 3.05) is 0 Å². The zero-order valence-corrected chi connectivity index (χ0v) is 21.6. The highest BCUT2D eigenvalue weighted by atomic mass is 127. The van der Waals surface area contributed by atoms with Gasteiger partial charge in [-0.05, 0) is 105 Å². The Morgan fingerprint density at radius 2 is 1.58 bits per heavy atom. The molecule has 1 aliphatic rings. The van der Waals surface area contributed by atoms with E-state index >= 15 is 0 Å². The Balaban J connectivity index is 1.76. The second kappa shape index (κ2) is 9.74. The summed E-state index contributed by atoms with van der Waals surface area (Å²) >= 11 is 5.57. The molecule has 0 spiro atoms. The molecule has 0 aromatic heterocycles. The number of aromatic hydroxyl groups is 1. The molecule has 1 heterocycles. The van der Waals surface area contributed by atoms with Crippen molar-refractivity contribution in [1.29, 1.82) is 0 Å². The molecule has 156 valence electrons. The molecule has 1 saturated heterocycles. The molecule has 31 heavy (non-hydrogen) atoms. The Morgan fingerprint density at radius 3 is 2.19 bits per heavy atom. The number of phenols is 1. The number of carbonyl (C=O) groups is 1. The van der Waals surface area contributed by atoms with Gasteiger partial charge in [0.1, 0.15) is 5.75 Å². The first-order valence-electron chi connectivity index (χ1n) is 9.54. The normalized spacial score (nSPS) is 17.5. The lowest BCUT2D eigenvalue weighted by atomic mass is 10.1. The number of phenolic OH excluding ortho intramolecular Hbond substituents is 1. The topological polar surface area (TPSA) is 52.9 Å². The first-order chi connectivity index (χ1) is 14.9. The van der Waals surface area contributed by atoms with Gasteiger partial charge in [0.2, 0.25) is 0 Å². The lowest BCUT2D eigenvalue weighted by Gasteiger charge is -2.24. The summed E-state index contributed by atoms with van der Waals surface area (Å²) in [5.41, 5.74) is 2.72. The number of carbonyl (C=O) groups excluding carboxylic acids is 1. The summed E-state index contributed by atoms with van der Waals surface area (Å²) in [5.74, 6) is 0.188. The fourth-order valence-electron chi connectivity index (χ4n) is 3.22. The van der Waals surface area contributed by atoms with Crippen LogP contribution in [-0.4, -0.2) is 21.1 Å². The molecule has 1 amide bonds. The SMILES string of the molecule is C[C@@H](c1ccccc1)N1C(=O)/C(=C\c2cc(I)c(O)c(I)c2)SC1=Nc1ccccc1. The number of para-hydroxylation sites is 1. The highest BCUT2D eigenvalue weighted by molar-refractivity contribution is 14.1. The first-order valence-corrected chi connectivity index (χ1v) is 12.5. The molecule has 1 fully saturated rings. The first kappa shape index (κ1) is 22.3. The lowest BCUT2D eigenvalue weighted by molar-refractivity contribution is -0.123. The highest BCUT2D eigenvalue weighted by Crippen LogP contribution is 2.39. The van der Waals surface area contributed by atoms with Gasteiger partial charge >= 0.3 is 0 Å². The number of rotatable bonds is 4. The number of amides is 1. The van der Waals surface area contributed by atoms with Crippen LogP contribution in [0.25, 0.3) is 6.08 Å². The maximum Gasteiger partial charge on any atom is 0.267 e. The Kier molecular flexibility index (Phi) is 7.02. The Morgan fingerprint density at radius 1 is 1.00 bits per heavy atom. The van der Waals surface area contributed by atoms with Crippen LogP contribution >= 0.6 is 56.9 Å². The van der Waals surface area contributed by atoms with E-state index in [1.807, 2.05) is 85.8 Å². The molecule has 4 nitrogen and oxygen atoms in total. The predicted molar refractivity (Wildman–Crippen MR) is 144 cm³/mol. The zero-order chi connectivity index (χ0) is 22.0. The predicted octanol–water partition coefficient (Wildman–Crippen LogP) is 6.97. The minimum Gasteiger partial charge on any atom is -0.506 e. The molecular formula is C24H18I2N2O2S. The van der Waals surface area contributed by atoms with Crippen molar-refractivity contribution in [3.63, 3.8) is 0 Å². The van der Waals surface area contributed by atoms with E-state index < -0.39 is 0 Å². The van der Waals surface area contributed by atoms with Crippen molar-refractivity contribution in [3.05, 3.63) is 96.0 Å². The second-order valence-corrected chi connectivity index (χ2v) is 10.3. The maximum atomic E-state index is 13.5. The third-order valence-corrected chi connectivity index (χ3v) is 7.45. The monoisotopic (exact) mass is 652 g/mol. The smallest absolute Gasteiger partial charge is 0.267 e. The number of nitrogens with zero attached hydrogens (tertiary/aromatic N) is 2. The standard InChI is InChI=1S/C24H18I2N2O2S/c1-15(17-8-4-2-5-9-17)28-23(30)21(14-16-12-19(25)22(29)20(26)13-16)31-24(28)27-18-10-6-3-7-11-18/h2-15,29H,1H3/b21-14+,27-24?/t15-/m0/s1. The van der Waals surface area contributed by atoms with Crippen LogP contribution in [0.1, 0.15) is 24.1 Å². The molecule has 1 aliphatic heterocycles. The molecule has 3 aromatic carbocycles. The molecule has 3 aromatic rings. The number of hydrogen-bond acceptors (Lipinski definition) is 4. The third-order valence-electron chi connectivity index (χ3n) is 4.82. The quantitative estimate of drug-likeness (QED) is 0.245. The number of hydrogen-bond donors (Lipinski definition) is 1. The summed E-state index contributed by atoms with van der Waals surface area (Å²) in [6, 6.07) is 23.2. The molecule has 1 N–H and O–H groups in total. The van der Waals surface area contributed by atoms with Crippen LogP contribution in [0.5, 0.6) is 5.75 Å². The molecule has 0 radical (unpaired) electrons. The van der Waals surface area contributed by atoms with Gasteiger partial charge < -0.3 is 5.11 Å². The van der Waals surface area contributed by atoms with Crippen LogP contribution in [-0.2, 0) is 4.79 Å². The maximum absolute atomic E-state index is 13.5. The van der Waals surface area contributed by atoms with Gasteiger partial charge in [0.05, 0.1) is 23.8 Å². The van der Waals surface area contributed by atoms with Gasteiger partial charge in [-0.2, -0.15) is 0 Å². The van der Waals surface area contributed by atoms with E-state index in [4.69, 9.17) is 4.99 Å². The number of benzene rings is 3. The van der Waals surface area contributed by atoms with Crippen LogP contribution in [0.3, 0.4) is 0 Å². The van der Waals surface area contributed by atoms with Crippen LogP contribution in [0.2, 0.25) is 0 Å². The van der Waals surface area contributed by atoms with E-state index in [9.17, 15) is 9.90 Å². The van der Waals surface area contributed by atoms with Gasteiger partial charge in [-0.25, -0.2) is 4.99 Å². The fourth-order valence-corrected chi connectivity index (χ4v) is 6.10. The molecule has 0 bridgehead atoms. The average Bonchev–Trinajstić information content (AvgIpc) is 3.07. The Hall–Kier alpha value is -1.85. The van der Waals surface area contributed by atoms with Crippen LogP contribution < -0.4 is 0 Å². The van der Waals surface area contributed by atoms with E-state index in [-0.39, 0.29) is 17.7 Å². The summed E-state index contributed by atoms with van der Waals surface area (Å²) < 4.78 is 1.50. The molecule has 0 unspecified atom stereocenters. The number of thioether (sulfide) groups is 1. The van der Waals surface area contributed by atoms with Crippen molar-refractivity contribution in [3.8, 4) is 5.75 Å². The number of amidine groups is 1. The van der Waals surface area contributed by atoms with E-state index in [1.54, 1.807) is 4.90 Å². The van der Waals surface area contributed by atoms with Gasteiger partial charge in [-0.3, -0.25) is 9.69 Å². The lowest BCUT2D eigenvalue weighted by Crippen LogP contribution is -2.32. The molecule has 1 atom stereocenters. The van der Waals surface area contributed by atoms with Gasteiger partial charge in [-0.15, -0.1) is 0 Å². The minimum absolute atomic E-state index is 0.0749. The molecule has 0 aliphatic carbocycles. The Labute approximate surface area is 212 Å². The van der Waals surface area contributed by atoms with Gasteiger partial charge in [0, 0.05) is 0 Å². The Bertz CT molecular complexity index is 1160. The highest BCUT2D eigenvalue weighted by Gasteiger charge is 2.37. The summed E-state index contributed by atoms with van der Waals surface area (Å²) in [4.78, 5) is 20.6. The van der Waals surface area contributed by atoms with Crippen LogP contribution in [0, 0.1) is 7.14 Å². The summed E-state index contributed by atoms with van der Waals surface area (Å²) in [7, 11) is 0. The van der Waals surface area contributed by atoms with Gasteiger partial charge in [0.25, 0.3) is 5.91 Å². The average molecular weight is 652 g/mol. The summed E-state index contributed by atoms with van der Waals surface area (Å²) in [6.07, 6.45) is 1.87. The third kappa shape index (κ3) is 4.98. The zero-order valence-electron chi connectivity index (χ0n) is 16.5.